The lowest BCUT2D eigenvalue weighted by Crippen LogP contribution is -2.45. The monoisotopic (exact) mass is 237 g/mol. The first-order chi connectivity index (χ1) is 7.95. The zero-order chi connectivity index (χ0) is 13.0. The third kappa shape index (κ3) is 3.58. The molecule has 0 saturated carbocycles. The Morgan fingerprint density at radius 2 is 1.71 bits per heavy atom. The van der Waals surface area contributed by atoms with Crippen LogP contribution in [0.1, 0.15) is 60.3 Å². The lowest BCUT2D eigenvalue weighted by molar-refractivity contribution is -0.137. The Labute approximate surface area is 106 Å². The smallest absolute Gasteiger partial charge is 0.229 e. The maximum Gasteiger partial charge on any atom is 0.229 e. The van der Waals surface area contributed by atoms with Crippen LogP contribution in [0.5, 0.6) is 0 Å². The Morgan fingerprint density at radius 1 is 1.12 bits per heavy atom. The molecular weight excluding hydrogens is 210 g/mol. The first-order valence-electron chi connectivity index (χ1n) is 6.96. The fraction of sp³-hybridized carbons (Fsp3) is 0.800. The number of hydrogen-bond acceptors (Lipinski definition) is 1. The highest BCUT2D eigenvalue weighted by atomic mass is 16.2. The van der Waals surface area contributed by atoms with Crippen LogP contribution in [0.2, 0.25) is 0 Å². The Morgan fingerprint density at radius 3 is 2.12 bits per heavy atom. The minimum absolute atomic E-state index is 0.0695. The van der Waals surface area contributed by atoms with E-state index >= 15 is 0 Å². The van der Waals surface area contributed by atoms with Gasteiger partial charge in [-0.3, -0.25) is 4.79 Å². The number of rotatable bonds is 4. The molecule has 17 heavy (non-hydrogen) atoms. The minimum Gasteiger partial charge on any atom is -0.337 e. The first-order valence-corrected chi connectivity index (χ1v) is 6.96. The zero-order valence-electron chi connectivity index (χ0n) is 12.0. The molecular formula is C15H27NO. The molecule has 1 rings (SSSR count). The van der Waals surface area contributed by atoms with E-state index in [0.717, 1.165) is 12.8 Å². The van der Waals surface area contributed by atoms with Crippen LogP contribution in [0, 0.1) is 5.92 Å². The Kier molecular flexibility index (Phi) is 5.23. The van der Waals surface area contributed by atoms with E-state index < -0.39 is 0 Å². The molecule has 0 fully saturated rings. The van der Waals surface area contributed by atoms with E-state index in [2.05, 4.69) is 40.7 Å². The Bertz CT molecular complexity index is 283. The van der Waals surface area contributed by atoms with Gasteiger partial charge in [0.05, 0.1) is 5.92 Å². The molecule has 0 spiro atoms. The molecule has 0 aromatic carbocycles. The number of carbonyl (C=O) groups is 1. The molecule has 1 amide bonds. The maximum atomic E-state index is 12.5. The molecule has 0 heterocycles. The van der Waals surface area contributed by atoms with E-state index in [-0.39, 0.29) is 18.0 Å². The van der Waals surface area contributed by atoms with Crippen LogP contribution < -0.4 is 0 Å². The van der Waals surface area contributed by atoms with Gasteiger partial charge < -0.3 is 4.90 Å². The number of carbonyl (C=O) groups excluding carboxylic acids is 1. The average molecular weight is 237 g/mol. The van der Waals surface area contributed by atoms with E-state index in [1.165, 1.54) is 18.4 Å². The highest BCUT2D eigenvalue weighted by Gasteiger charge is 2.27. The van der Waals surface area contributed by atoms with E-state index in [1.54, 1.807) is 0 Å². The SMILES string of the molecule is CC(C)N(C(=O)[C@H](C)C1=CCCCC1)C(C)C. The van der Waals surface area contributed by atoms with Crippen LogP contribution in [0.4, 0.5) is 0 Å². The summed E-state index contributed by atoms with van der Waals surface area (Å²) in [7, 11) is 0. The summed E-state index contributed by atoms with van der Waals surface area (Å²) in [6.07, 6.45) is 7.06. The summed E-state index contributed by atoms with van der Waals surface area (Å²) in [6, 6.07) is 0.572. The molecule has 0 radical (unpaired) electrons. The molecule has 2 heteroatoms. The molecule has 0 aromatic heterocycles. The fourth-order valence-corrected chi connectivity index (χ4v) is 2.74. The predicted molar refractivity (Wildman–Crippen MR) is 72.8 cm³/mol. The highest BCUT2D eigenvalue weighted by Crippen LogP contribution is 2.26. The van der Waals surface area contributed by atoms with Gasteiger partial charge in [0.25, 0.3) is 0 Å². The third-order valence-corrected chi connectivity index (χ3v) is 3.62. The van der Waals surface area contributed by atoms with E-state index in [9.17, 15) is 4.79 Å². The molecule has 0 saturated heterocycles. The summed E-state index contributed by atoms with van der Waals surface area (Å²) in [5.41, 5.74) is 1.35. The van der Waals surface area contributed by atoms with Gasteiger partial charge in [-0.05, 0) is 60.3 Å². The second-order valence-electron chi connectivity index (χ2n) is 5.68. The molecule has 0 aromatic rings. The van der Waals surface area contributed by atoms with Gasteiger partial charge in [0.1, 0.15) is 0 Å². The summed E-state index contributed by atoms with van der Waals surface area (Å²) in [6.45, 7) is 10.5. The second-order valence-corrected chi connectivity index (χ2v) is 5.68. The van der Waals surface area contributed by atoms with Gasteiger partial charge in [0.2, 0.25) is 5.91 Å². The van der Waals surface area contributed by atoms with Crippen LogP contribution in [0.25, 0.3) is 0 Å². The van der Waals surface area contributed by atoms with Gasteiger partial charge in [0.15, 0.2) is 0 Å². The average Bonchev–Trinajstić information content (AvgIpc) is 2.28. The van der Waals surface area contributed by atoms with Crippen molar-refractivity contribution in [3.05, 3.63) is 11.6 Å². The van der Waals surface area contributed by atoms with Crippen molar-refractivity contribution >= 4 is 5.91 Å². The maximum absolute atomic E-state index is 12.5. The lowest BCUT2D eigenvalue weighted by atomic mass is 9.89. The summed E-state index contributed by atoms with van der Waals surface area (Å²) in [4.78, 5) is 14.5. The van der Waals surface area contributed by atoms with Crippen molar-refractivity contribution in [3.63, 3.8) is 0 Å². The molecule has 2 nitrogen and oxygen atoms in total. The largest absolute Gasteiger partial charge is 0.337 e. The van der Waals surface area contributed by atoms with Gasteiger partial charge in [-0.25, -0.2) is 0 Å². The van der Waals surface area contributed by atoms with Crippen LogP contribution in [0.15, 0.2) is 11.6 Å². The van der Waals surface area contributed by atoms with Crippen LogP contribution >= 0.6 is 0 Å². The van der Waals surface area contributed by atoms with Crippen LogP contribution in [-0.4, -0.2) is 22.9 Å². The van der Waals surface area contributed by atoms with Crippen LogP contribution in [-0.2, 0) is 4.79 Å². The molecule has 98 valence electrons. The van der Waals surface area contributed by atoms with Gasteiger partial charge in [-0.1, -0.05) is 11.6 Å². The van der Waals surface area contributed by atoms with Gasteiger partial charge >= 0.3 is 0 Å². The Balaban J connectivity index is 2.76. The van der Waals surface area contributed by atoms with Crippen LogP contribution in [0.3, 0.4) is 0 Å². The zero-order valence-corrected chi connectivity index (χ0v) is 12.0. The summed E-state index contributed by atoms with van der Waals surface area (Å²) in [5, 5.41) is 0. The molecule has 0 aliphatic heterocycles. The predicted octanol–water partition coefficient (Wildman–Crippen LogP) is 3.77. The van der Waals surface area contributed by atoms with Crippen molar-refractivity contribution < 1.29 is 4.79 Å². The number of hydrogen-bond donors (Lipinski definition) is 0. The minimum atomic E-state index is 0.0695. The number of allylic oxidation sites excluding steroid dienone is 1. The molecule has 1 aliphatic carbocycles. The molecule has 1 aliphatic rings. The second kappa shape index (κ2) is 6.23. The highest BCUT2D eigenvalue weighted by molar-refractivity contribution is 5.81. The molecule has 1 atom stereocenters. The molecule has 0 bridgehead atoms. The Hall–Kier alpha value is -0.790. The molecule has 0 N–H and O–H groups in total. The fourth-order valence-electron chi connectivity index (χ4n) is 2.74. The third-order valence-electron chi connectivity index (χ3n) is 3.62. The van der Waals surface area contributed by atoms with Crippen molar-refractivity contribution in [3.8, 4) is 0 Å². The van der Waals surface area contributed by atoms with Crippen molar-refractivity contribution in [2.75, 3.05) is 0 Å². The van der Waals surface area contributed by atoms with Crippen molar-refractivity contribution in [2.24, 2.45) is 5.92 Å². The molecule has 0 unspecified atom stereocenters. The van der Waals surface area contributed by atoms with E-state index in [0.29, 0.717) is 5.91 Å². The van der Waals surface area contributed by atoms with Crippen molar-refractivity contribution in [1.29, 1.82) is 0 Å². The van der Waals surface area contributed by atoms with Crippen molar-refractivity contribution in [1.82, 2.24) is 4.90 Å². The summed E-state index contributed by atoms with van der Waals surface area (Å²) < 4.78 is 0. The van der Waals surface area contributed by atoms with Gasteiger partial charge in [-0.2, -0.15) is 0 Å². The number of nitrogens with zero attached hydrogens (tertiary/aromatic N) is 1. The van der Waals surface area contributed by atoms with Gasteiger partial charge in [0, 0.05) is 12.1 Å². The topological polar surface area (TPSA) is 20.3 Å². The summed E-state index contributed by atoms with van der Waals surface area (Å²) >= 11 is 0. The first kappa shape index (κ1) is 14.3. The van der Waals surface area contributed by atoms with E-state index in [1.807, 2.05) is 4.90 Å². The normalized spacial score (nSPS) is 18.2. The summed E-state index contributed by atoms with van der Waals surface area (Å²) in [5.74, 6) is 0.364. The lowest BCUT2D eigenvalue weighted by Gasteiger charge is -2.34. The van der Waals surface area contributed by atoms with Crippen molar-refractivity contribution in [2.45, 2.75) is 72.4 Å². The standard InChI is InChI=1S/C15H27NO/c1-11(2)16(12(3)4)15(17)13(5)14-9-7-6-8-10-14/h9,11-13H,6-8,10H2,1-5H3/t13-/m1/s1. The quantitative estimate of drug-likeness (QED) is 0.682. The van der Waals surface area contributed by atoms with E-state index in [4.69, 9.17) is 0 Å². The van der Waals surface area contributed by atoms with Gasteiger partial charge in [-0.15, -0.1) is 0 Å². The number of amides is 1.